The lowest BCUT2D eigenvalue weighted by Gasteiger charge is -2.22. The van der Waals surface area contributed by atoms with Crippen molar-refractivity contribution in [2.45, 2.75) is 51.0 Å². The van der Waals surface area contributed by atoms with Crippen LogP contribution in [-0.2, 0) is 4.79 Å². The second-order valence-corrected chi connectivity index (χ2v) is 6.73. The lowest BCUT2D eigenvalue weighted by Crippen LogP contribution is -2.43. The molecule has 1 aromatic carbocycles. The standard InChI is InChI=1S/C18H25N5O3/c24-16(20-13-8-9-14-15(11-13)23-18(26)22-14)7-4-10-19-17(25)21-12-5-2-1-3-6-12/h8-9,11-12H,1-7,10H2,(H,20,24)(H2,19,21,25)(H2,22,23,26). The third kappa shape index (κ3) is 5.11. The Kier molecular flexibility index (Phi) is 5.93. The van der Waals surface area contributed by atoms with Crippen molar-refractivity contribution in [3.05, 3.63) is 28.7 Å². The summed E-state index contributed by atoms with van der Waals surface area (Å²) in [4.78, 5) is 40.4. The van der Waals surface area contributed by atoms with Crippen LogP contribution in [0.5, 0.6) is 0 Å². The van der Waals surface area contributed by atoms with E-state index in [9.17, 15) is 14.4 Å². The highest BCUT2D eigenvalue weighted by Crippen LogP contribution is 2.17. The number of imidazole rings is 1. The Morgan fingerprint density at radius 3 is 2.65 bits per heavy atom. The number of hydrogen-bond donors (Lipinski definition) is 5. The zero-order valence-corrected chi connectivity index (χ0v) is 14.7. The van der Waals surface area contributed by atoms with Crippen LogP contribution < -0.4 is 21.6 Å². The van der Waals surface area contributed by atoms with Crippen molar-refractivity contribution >= 4 is 28.7 Å². The van der Waals surface area contributed by atoms with Crippen molar-refractivity contribution in [3.8, 4) is 0 Å². The van der Waals surface area contributed by atoms with Gasteiger partial charge in [-0.2, -0.15) is 0 Å². The number of H-pyrrole nitrogens is 2. The van der Waals surface area contributed by atoms with Crippen LogP contribution in [0.25, 0.3) is 11.0 Å². The quantitative estimate of drug-likeness (QED) is 0.509. The molecule has 0 radical (unpaired) electrons. The molecule has 0 unspecified atom stereocenters. The number of urea groups is 1. The average molecular weight is 359 g/mol. The van der Waals surface area contributed by atoms with E-state index in [1.165, 1.54) is 19.3 Å². The normalized spacial score (nSPS) is 14.9. The SMILES string of the molecule is O=C(CCCNC(=O)NC1CCCCC1)Nc1ccc2[nH]c(=O)[nH]c2c1. The molecule has 0 bridgehead atoms. The van der Waals surface area contributed by atoms with Crippen LogP contribution in [0.2, 0.25) is 0 Å². The maximum Gasteiger partial charge on any atom is 0.323 e. The van der Waals surface area contributed by atoms with Crippen molar-refractivity contribution < 1.29 is 9.59 Å². The van der Waals surface area contributed by atoms with Gasteiger partial charge in [0.15, 0.2) is 0 Å². The van der Waals surface area contributed by atoms with Crippen LogP contribution in [0.15, 0.2) is 23.0 Å². The fourth-order valence-corrected chi connectivity index (χ4v) is 3.27. The van der Waals surface area contributed by atoms with Crippen LogP contribution in [0.1, 0.15) is 44.9 Å². The summed E-state index contributed by atoms with van der Waals surface area (Å²) in [6, 6.07) is 5.31. The molecule has 3 rings (SSSR count). The highest BCUT2D eigenvalue weighted by Gasteiger charge is 2.15. The van der Waals surface area contributed by atoms with Gasteiger partial charge >= 0.3 is 11.7 Å². The molecule has 5 N–H and O–H groups in total. The maximum absolute atomic E-state index is 12.0. The molecule has 3 amide bonds. The van der Waals surface area contributed by atoms with E-state index in [0.29, 0.717) is 36.1 Å². The molecule has 1 aromatic heterocycles. The van der Waals surface area contributed by atoms with Crippen LogP contribution in [0.4, 0.5) is 10.5 Å². The zero-order chi connectivity index (χ0) is 18.4. The Labute approximate surface area is 151 Å². The van der Waals surface area contributed by atoms with E-state index in [-0.39, 0.29) is 23.7 Å². The van der Waals surface area contributed by atoms with Gasteiger partial charge in [-0.1, -0.05) is 19.3 Å². The first-order valence-electron chi connectivity index (χ1n) is 9.16. The van der Waals surface area contributed by atoms with Crippen molar-refractivity contribution in [3.63, 3.8) is 0 Å². The molecule has 26 heavy (non-hydrogen) atoms. The lowest BCUT2D eigenvalue weighted by molar-refractivity contribution is -0.116. The van der Waals surface area contributed by atoms with Gasteiger partial charge in [-0.3, -0.25) is 4.79 Å². The number of aromatic nitrogens is 2. The van der Waals surface area contributed by atoms with Gasteiger partial charge in [0.1, 0.15) is 0 Å². The first-order valence-corrected chi connectivity index (χ1v) is 9.16. The number of rotatable bonds is 6. The first-order chi connectivity index (χ1) is 12.6. The topological polar surface area (TPSA) is 119 Å². The largest absolute Gasteiger partial charge is 0.338 e. The summed E-state index contributed by atoms with van der Waals surface area (Å²) in [5.41, 5.74) is 1.69. The Morgan fingerprint density at radius 2 is 1.85 bits per heavy atom. The molecule has 8 nitrogen and oxygen atoms in total. The van der Waals surface area contributed by atoms with E-state index >= 15 is 0 Å². The molecule has 1 saturated carbocycles. The Balaban J connectivity index is 1.35. The molecule has 0 aliphatic heterocycles. The summed E-state index contributed by atoms with van der Waals surface area (Å²) in [7, 11) is 0. The van der Waals surface area contributed by atoms with E-state index in [1.54, 1.807) is 18.2 Å². The maximum atomic E-state index is 12.0. The Morgan fingerprint density at radius 1 is 1.08 bits per heavy atom. The number of carbonyl (C=O) groups is 2. The van der Waals surface area contributed by atoms with Gasteiger partial charge in [0.25, 0.3) is 0 Å². The van der Waals surface area contributed by atoms with Gasteiger partial charge in [0, 0.05) is 24.7 Å². The number of fused-ring (bicyclic) bond motifs is 1. The minimum Gasteiger partial charge on any atom is -0.338 e. The van der Waals surface area contributed by atoms with Crippen molar-refractivity contribution in [1.82, 2.24) is 20.6 Å². The highest BCUT2D eigenvalue weighted by atomic mass is 16.2. The summed E-state index contributed by atoms with van der Waals surface area (Å²) < 4.78 is 0. The molecule has 1 heterocycles. The monoisotopic (exact) mass is 359 g/mol. The molecule has 140 valence electrons. The molecule has 0 spiro atoms. The molecular formula is C18H25N5O3. The van der Waals surface area contributed by atoms with Crippen LogP contribution in [0, 0.1) is 0 Å². The molecule has 1 aliphatic carbocycles. The Hall–Kier alpha value is -2.77. The fourth-order valence-electron chi connectivity index (χ4n) is 3.27. The van der Waals surface area contributed by atoms with Gasteiger partial charge < -0.3 is 25.9 Å². The number of hydrogen-bond acceptors (Lipinski definition) is 3. The summed E-state index contributed by atoms with van der Waals surface area (Å²) in [6.07, 6.45) is 6.57. The van der Waals surface area contributed by atoms with Gasteiger partial charge in [0.2, 0.25) is 5.91 Å². The lowest BCUT2D eigenvalue weighted by atomic mass is 9.96. The predicted octanol–water partition coefficient (Wildman–Crippen LogP) is 2.21. The smallest absolute Gasteiger partial charge is 0.323 e. The van der Waals surface area contributed by atoms with E-state index in [0.717, 1.165) is 12.8 Å². The molecule has 8 heteroatoms. The minimum atomic E-state index is -0.277. The highest BCUT2D eigenvalue weighted by molar-refractivity contribution is 5.92. The summed E-state index contributed by atoms with van der Waals surface area (Å²) in [5.74, 6) is -0.128. The summed E-state index contributed by atoms with van der Waals surface area (Å²) in [6.45, 7) is 0.455. The minimum absolute atomic E-state index is 0.128. The number of nitrogens with one attached hydrogen (secondary N) is 5. The van der Waals surface area contributed by atoms with E-state index in [1.807, 2.05) is 0 Å². The number of carbonyl (C=O) groups excluding carboxylic acids is 2. The second-order valence-electron chi connectivity index (χ2n) is 6.73. The summed E-state index contributed by atoms with van der Waals surface area (Å²) >= 11 is 0. The number of amides is 3. The van der Waals surface area contributed by atoms with Gasteiger partial charge in [0.05, 0.1) is 11.0 Å². The van der Waals surface area contributed by atoms with E-state index < -0.39 is 0 Å². The van der Waals surface area contributed by atoms with E-state index in [2.05, 4.69) is 25.9 Å². The number of aromatic amines is 2. The molecular weight excluding hydrogens is 334 g/mol. The van der Waals surface area contributed by atoms with Crippen LogP contribution in [-0.4, -0.2) is 34.5 Å². The van der Waals surface area contributed by atoms with Crippen molar-refractivity contribution in [2.75, 3.05) is 11.9 Å². The Bertz CT molecular complexity index is 820. The molecule has 1 fully saturated rings. The van der Waals surface area contributed by atoms with Gasteiger partial charge in [-0.05, 0) is 37.5 Å². The van der Waals surface area contributed by atoms with Crippen molar-refractivity contribution in [1.29, 1.82) is 0 Å². The fraction of sp³-hybridized carbons (Fsp3) is 0.500. The summed E-state index contributed by atoms with van der Waals surface area (Å²) in [5, 5.41) is 8.58. The third-order valence-electron chi connectivity index (χ3n) is 4.61. The molecule has 1 aliphatic rings. The first kappa shape index (κ1) is 18.0. The molecule has 0 atom stereocenters. The molecule has 2 aromatic rings. The van der Waals surface area contributed by atoms with Crippen molar-refractivity contribution in [2.24, 2.45) is 0 Å². The second kappa shape index (κ2) is 8.55. The van der Waals surface area contributed by atoms with Crippen LogP contribution in [0.3, 0.4) is 0 Å². The van der Waals surface area contributed by atoms with Gasteiger partial charge in [-0.25, -0.2) is 9.59 Å². The number of benzene rings is 1. The predicted molar refractivity (Wildman–Crippen MR) is 100 cm³/mol. The van der Waals surface area contributed by atoms with Gasteiger partial charge in [-0.15, -0.1) is 0 Å². The number of anilines is 1. The third-order valence-corrected chi connectivity index (χ3v) is 4.61. The average Bonchev–Trinajstić information content (AvgIpc) is 2.99. The molecule has 0 saturated heterocycles. The van der Waals surface area contributed by atoms with E-state index in [4.69, 9.17) is 0 Å². The van der Waals surface area contributed by atoms with Crippen LogP contribution >= 0.6 is 0 Å². The zero-order valence-electron chi connectivity index (χ0n) is 14.7.